The van der Waals surface area contributed by atoms with Gasteiger partial charge in [0.25, 0.3) is 5.89 Å². The highest BCUT2D eigenvalue weighted by atomic mass is 32.1. The lowest BCUT2D eigenvalue weighted by molar-refractivity contribution is -0.142. The quantitative estimate of drug-likeness (QED) is 0.343. The lowest BCUT2D eigenvalue weighted by Gasteiger charge is -2.31. The van der Waals surface area contributed by atoms with Gasteiger partial charge in [-0.15, -0.1) is 11.3 Å². The van der Waals surface area contributed by atoms with E-state index in [4.69, 9.17) is 9.51 Å². The number of hydrogen-bond donors (Lipinski definition) is 0. The fraction of sp³-hybridized carbons (Fsp3) is 0.400. The number of aromatic nitrogens is 5. The van der Waals surface area contributed by atoms with Gasteiger partial charge in [0.2, 0.25) is 11.7 Å². The van der Waals surface area contributed by atoms with E-state index >= 15 is 0 Å². The third-order valence-electron chi connectivity index (χ3n) is 6.63. The number of aryl methyl sites for hydroxylation is 3. The number of carbonyl (C=O) groups is 1. The summed E-state index contributed by atoms with van der Waals surface area (Å²) < 4.78 is 45.4. The van der Waals surface area contributed by atoms with Crippen LogP contribution in [0.4, 0.5) is 13.2 Å². The van der Waals surface area contributed by atoms with Crippen molar-refractivity contribution in [2.75, 3.05) is 13.1 Å². The van der Waals surface area contributed by atoms with Crippen LogP contribution in [-0.2, 0) is 17.5 Å². The van der Waals surface area contributed by atoms with Crippen molar-refractivity contribution >= 4 is 17.2 Å². The van der Waals surface area contributed by atoms with Gasteiger partial charge in [0.05, 0.1) is 5.01 Å². The summed E-state index contributed by atoms with van der Waals surface area (Å²) in [6, 6.07) is 6.94. The Labute approximate surface area is 215 Å². The van der Waals surface area contributed by atoms with Gasteiger partial charge in [-0.2, -0.15) is 23.3 Å². The second-order valence-electron chi connectivity index (χ2n) is 9.24. The Morgan fingerprint density at radius 3 is 2.49 bits per heavy atom. The van der Waals surface area contributed by atoms with E-state index in [1.165, 1.54) is 18.3 Å². The van der Waals surface area contributed by atoms with Crippen LogP contribution in [0.3, 0.4) is 0 Å². The summed E-state index contributed by atoms with van der Waals surface area (Å²) in [5.41, 5.74) is 2.99. The summed E-state index contributed by atoms with van der Waals surface area (Å²) >= 11 is 1.52. The Hall–Kier alpha value is -3.54. The summed E-state index contributed by atoms with van der Waals surface area (Å²) in [5.74, 6) is 0.822. The lowest BCUT2D eigenvalue weighted by Crippen LogP contribution is -2.40. The molecule has 0 N–H and O–H groups in total. The number of benzene rings is 1. The molecule has 1 aliphatic heterocycles. The molecule has 37 heavy (non-hydrogen) atoms. The number of piperidine rings is 1. The van der Waals surface area contributed by atoms with Gasteiger partial charge < -0.3 is 9.42 Å². The Balaban J connectivity index is 1.21. The largest absolute Gasteiger partial charge is 0.435 e. The molecule has 1 aromatic carbocycles. The monoisotopic (exact) mass is 530 g/mol. The third-order valence-corrected chi connectivity index (χ3v) is 7.63. The maximum Gasteiger partial charge on any atom is 0.435 e. The standard InChI is InChI=1S/C25H25F3N6O2S/c1-14-5-4-6-15(2)21(14)23-30-22(32-36-23)18-13-37-24(29-18)17-7-9-33(10-8-17)20(35)12-34-16(3)11-19(31-34)25(26,27)28/h4-6,11,13,17H,7-10,12H2,1-3H3. The number of halogens is 3. The fourth-order valence-electron chi connectivity index (χ4n) is 4.57. The molecule has 0 radical (unpaired) electrons. The Kier molecular flexibility index (Phi) is 6.61. The molecule has 0 bridgehead atoms. The minimum Gasteiger partial charge on any atom is -0.341 e. The number of rotatable bonds is 5. The van der Waals surface area contributed by atoms with Crippen molar-refractivity contribution in [3.63, 3.8) is 0 Å². The minimum atomic E-state index is -4.54. The van der Waals surface area contributed by atoms with E-state index < -0.39 is 11.9 Å². The number of thiazole rings is 1. The molecule has 3 aromatic heterocycles. The molecule has 5 rings (SSSR count). The second kappa shape index (κ2) is 9.73. The minimum absolute atomic E-state index is 0.177. The van der Waals surface area contributed by atoms with Crippen molar-refractivity contribution in [3.05, 3.63) is 57.2 Å². The SMILES string of the molecule is Cc1cccc(C)c1-c1nc(-c2csc(C3CCN(C(=O)Cn4nc(C(F)(F)F)cc4C)CC3)n2)no1. The van der Waals surface area contributed by atoms with Crippen LogP contribution >= 0.6 is 11.3 Å². The van der Waals surface area contributed by atoms with Crippen LogP contribution < -0.4 is 0 Å². The molecule has 194 valence electrons. The lowest BCUT2D eigenvalue weighted by atomic mass is 9.97. The molecule has 0 atom stereocenters. The Bertz CT molecular complexity index is 1410. The average Bonchev–Trinajstić information content (AvgIpc) is 3.59. The number of nitrogens with zero attached hydrogens (tertiary/aromatic N) is 6. The molecule has 1 saturated heterocycles. The van der Waals surface area contributed by atoms with Crippen LogP contribution in [0.2, 0.25) is 0 Å². The van der Waals surface area contributed by atoms with Gasteiger partial charge in [-0.1, -0.05) is 23.4 Å². The number of amides is 1. The molecule has 12 heteroatoms. The Morgan fingerprint density at radius 1 is 1.14 bits per heavy atom. The molecule has 4 aromatic rings. The average molecular weight is 531 g/mol. The van der Waals surface area contributed by atoms with Crippen molar-refractivity contribution in [1.82, 2.24) is 29.8 Å². The summed E-state index contributed by atoms with van der Waals surface area (Å²) in [7, 11) is 0. The van der Waals surface area contributed by atoms with Gasteiger partial charge in [-0.05, 0) is 50.8 Å². The zero-order valence-electron chi connectivity index (χ0n) is 20.5. The molecular formula is C25H25F3N6O2S. The smallest absolute Gasteiger partial charge is 0.341 e. The topological polar surface area (TPSA) is 89.9 Å². The zero-order chi connectivity index (χ0) is 26.3. The van der Waals surface area contributed by atoms with Crippen LogP contribution in [-0.4, -0.2) is 48.8 Å². The molecule has 8 nitrogen and oxygen atoms in total. The van der Waals surface area contributed by atoms with Crippen molar-refractivity contribution < 1.29 is 22.5 Å². The van der Waals surface area contributed by atoms with Gasteiger partial charge in [0, 0.05) is 35.6 Å². The van der Waals surface area contributed by atoms with Crippen molar-refractivity contribution in [1.29, 1.82) is 0 Å². The first-order chi connectivity index (χ1) is 17.6. The first-order valence-corrected chi connectivity index (χ1v) is 12.7. The van der Waals surface area contributed by atoms with Crippen molar-refractivity contribution in [2.24, 2.45) is 0 Å². The van der Waals surface area contributed by atoms with E-state index in [1.807, 2.05) is 37.4 Å². The fourth-order valence-corrected chi connectivity index (χ4v) is 5.54. The van der Waals surface area contributed by atoms with Gasteiger partial charge >= 0.3 is 6.18 Å². The first kappa shape index (κ1) is 25.1. The van der Waals surface area contributed by atoms with Gasteiger partial charge in [0.1, 0.15) is 12.2 Å². The molecule has 1 aliphatic rings. The van der Waals surface area contributed by atoms with E-state index in [1.54, 1.807) is 4.90 Å². The van der Waals surface area contributed by atoms with Gasteiger partial charge in [-0.3, -0.25) is 9.48 Å². The summed E-state index contributed by atoms with van der Waals surface area (Å²) in [6.45, 7) is 6.30. The normalized spacial score (nSPS) is 14.9. The zero-order valence-corrected chi connectivity index (χ0v) is 21.4. The van der Waals surface area contributed by atoms with E-state index in [-0.39, 0.29) is 18.4 Å². The third kappa shape index (κ3) is 5.15. The van der Waals surface area contributed by atoms with Crippen LogP contribution in [0.1, 0.15) is 46.3 Å². The number of likely N-dealkylation sites (tertiary alicyclic amines) is 1. The van der Waals surface area contributed by atoms with Crippen LogP contribution in [0.5, 0.6) is 0 Å². The maximum absolute atomic E-state index is 12.9. The Morgan fingerprint density at radius 2 is 1.84 bits per heavy atom. The number of carbonyl (C=O) groups excluding carboxylic acids is 1. The second-order valence-corrected chi connectivity index (χ2v) is 10.1. The van der Waals surface area contributed by atoms with Crippen LogP contribution in [0.25, 0.3) is 23.0 Å². The molecular weight excluding hydrogens is 505 g/mol. The summed E-state index contributed by atoms with van der Waals surface area (Å²) in [6.07, 6.45) is -3.11. The molecule has 0 spiro atoms. The van der Waals surface area contributed by atoms with Gasteiger partial charge in [-0.25, -0.2) is 4.98 Å². The van der Waals surface area contributed by atoms with E-state index in [9.17, 15) is 18.0 Å². The molecule has 4 heterocycles. The first-order valence-electron chi connectivity index (χ1n) is 11.9. The molecule has 1 fully saturated rings. The van der Waals surface area contributed by atoms with E-state index in [2.05, 4.69) is 15.2 Å². The highest BCUT2D eigenvalue weighted by Gasteiger charge is 2.35. The summed E-state index contributed by atoms with van der Waals surface area (Å²) in [4.78, 5) is 23.7. The molecule has 0 saturated carbocycles. The maximum atomic E-state index is 12.9. The molecule has 1 amide bonds. The van der Waals surface area contributed by atoms with Crippen LogP contribution in [0.15, 0.2) is 34.2 Å². The van der Waals surface area contributed by atoms with Crippen molar-refractivity contribution in [3.8, 4) is 23.0 Å². The highest BCUT2D eigenvalue weighted by molar-refractivity contribution is 7.10. The highest BCUT2D eigenvalue weighted by Crippen LogP contribution is 2.34. The predicted molar refractivity (Wildman–Crippen MR) is 131 cm³/mol. The van der Waals surface area contributed by atoms with E-state index in [0.717, 1.165) is 32.4 Å². The summed E-state index contributed by atoms with van der Waals surface area (Å²) in [5, 5.41) is 10.5. The number of hydrogen-bond acceptors (Lipinski definition) is 7. The van der Waals surface area contributed by atoms with E-state index in [0.29, 0.717) is 49.0 Å². The molecule has 0 unspecified atom stereocenters. The number of alkyl halides is 3. The molecule has 0 aliphatic carbocycles. The van der Waals surface area contributed by atoms with Crippen molar-refractivity contribution in [2.45, 2.75) is 52.3 Å². The van der Waals surface area contributed by atoms with Crippen LogP contribution in [0, 0.1) is 20.8 Å². The van der Waals surface area contributed by atoms with Gasteiger partial charge in [0.15, 0.2) is 5.69 Å². The predicted octanol–water partition coefficient (Wildman–Crippen LogP) is 5.41.